The minimum atomic E-state index is 0.508. The van der Waals surface area contributed by atoms with Crippen molar-refractivity contribution in [1.82, 2.24) is 15.8 Å². The minimum absolute atomic E-state index is 0.508. The fourth-order valence-corrected chi connectivity index (χ4v) is 2.56. The Bertz CT molecular complexity index is 628. The second kappa shape index (κ2) is 11.4. The zero-order valence-electron chi connectivity index (χ0n) is 16.0. The van der Waals surface area contributed by atoms with Gasteiger partial charge in [0, 0.05) is 31.7 Å². The maximum absolute atomic E-state index is 5.58. The van der Waals surface area contributed by atoms with Gasteiger partial charge in [0.15, 0.2) is 5.96 Å². The van der Waals surface area contributed by atoms with E-state index in [4.69, 9.17) is 13.7 Å². The minimum Gasteiger partial charge on any atom is -0.467 e. The lowest BCUT2D eigenvalue weighted by Crippen LogP contribution is -2.38. The van der Waals surface area contributed by atoms with Crippen molar-refractivity contribution in [2.45, 2.75) is 53.2 Å². The van der Waals surface area contributed by atoms with Crippen LogP contribution in [0.3, 0.4) is 0 Å². The lowest BCUT2D eigenvalue weighted by Gasteiger charge is -2.11. The zero-order chi connectivity index (χ0) is 18.6. The van der Waals surface area contributed by atoms with Crippen molar-refractivity contribution < 1.29 is 13.7 Å². The molecule has 7 nitrogen and oxygen atoms in total. The summed E-state index contributed by atoms with van der Waals surface area (Å²) in [7, 11) is 0. The van der Waals surface area contributed by atoms with E-state index in [0.717, 1.165) is 61.1 Å². The van der Waals surface area contributed by atoms with Gasteiger partial charge < -0.3 is 24.3 Å². The van der Waals surface area contributed by atoms with Gasteiger partial charge in [0.25, 0.3) is 0 Å². The Morgan fingerprint density at radius 2 is 2.12 bits per heavy atom. The van der Waals surface area contributed by atoms with E-state index in [2.05, 4.69) is 41.6 Å². The number of rotatable bonds is 11. The van der Waals surface area contributed by atoms with Crippen LogP contribution in [0.1, 0.15) is 50.0 Å². The summed E-state index contributed by atoms with van der Waals surface area (Å²) in [6.07, 6.45) is 4.22. The van der Waals surface area contributed by atoms with Crippen LogP contribution in [0.25, 0.3) is 0 Å². The maximum Gasteiger partial charge on any atom is 0.191 e. The second-order valence-electron chi connectivity index (χ2n) is 5.85. The summed E-state index contributed by atoms with van der Waals surface area (Å²) in [4.78, 5) is 4.67. The van der Waals surface area contributed by atoms with Crippen LogP contribution in [0.2, 0.25) is 0 Å². The molecular formula is C19H30N4O3. The van der Waals surface area contributed by atoms with E-state index in [1.165, 1.54) is 0 Å². The summed E-state index contributed by atoms with van der Waals surface area (Å²) in [5.74, 6) is 2.57. The van der Waals surface area contributed by atoms with Gasteiger partial charge in [-0.1, -0.05) is 19.0 Å². The summed E-state index contributed by atoms with van der Waals surface area (Å²) >= 11 is 0. The van der Waals surface area contributed by atoms with Gasteiger partial charge in [-0.15, -0.1) is 0 Å². The van der Waals surface area contributed by atoms with Crippen LogP contribution in [-0.4, -0.2) is 30.8 Å². The fourth-order valence-electron chi connectivity index (χ4n) is 2.56. The molecule has 7 heteroatoms. The fraction of sp³-hybridized carbons (Fsp3) is 0.579. The van der Waals surface area contributed by atoms with Crippen LogP contribution in [0.15, 0.2) is 32.3 Å². The van der Waals surface area contributed by atoms with E-state index in [1.807, 2.05) is 12.1 Å². The Labute approximate surface area is 155 Å². The van der Waals surface area contributed by atoms with Gasteiger partial charge in [0.1, 0.15) is 18.1 Å². The van der Waals surface area contributed by atoms with Crippen molar-refractivity contribution in [2.75, 3.05) is 19.7 Å². The highest BCUT2D eigenvalue weighted by Crippen LogP contribution is 2.16. The molecule has 0 radical (unpaired) electrons. The van der Waals surface area contributed by atoms with E-state index in [1.54, 1.807) is 6.26 Å². The average Bonchev–Trinajstić information content (AvgIpc) is 3.31. The number of hydrogen-bond donors (Lipinski definition) is 2. The first-order chi connectivity index (χ1) is 12.8. The highest BCUT2D eigenvalue weighted by Gasteiger charge is 2.12. The van der Waals surface area contributed by atoms with Crippen molar-refractivity contribution in [3.63, 3.8) is 0 Å². The molecule has 2 aromatic heterocycles. The molecule has 0 aromatic carbocycles. The third-order valence-electron chi connectivity index (χ3n) is 3.93. The van der Waals surface area contributed by atoms with Crippen molar-refractivity contribution in [1.29, 1.82) is 0 Å². The van der Waals surface area contributed by atoms with Crippen molar-refractivity contribution in [3.05, 3.63) is 41.2 Å². The molecule has 2 aromatic rings. The molecule has 26 heavy (non-hydrogen) atoms. The number of nitrogens with zero attached hydrogens (tertiary/aromatic N) is 2. The van der Waals surface area contributed by atoms with Crippen LogP contribution in [0, 0.1) is 0 Å². The first-order valence-electron chi connectivity index (χ1n) is 9.37. The molecule has 0 saturated carbocycles. The van der Waals surface area contributed by atoms with Gasteiger partial charge in [-0.2, -0.15) is 0 Å². The van der Waals surface area contributed by atoms with E-state index < -0.39 is 0 Å². The Balaban J connectivity index is 1.76. The third-order valence-corrected chi connectivity index (χ3v) is 3.93. The Hall–Kier alpha value is -2.28. The molecule has 0 aliphatic rings. The SMILES string of the molecule is CCNC(=NCc1c(CC)noc1CC)NCCCOCc1ccco1. The summed E-state index contributed by atoms with van der Waals surface area (Å²) in [5, 5.41) is 10.7. The van der Waals surface area contributed by atoms with Gasteiger partial charge >= 0.3 is 0 Å². The lowest BCUT2D eigenvalue weighted by molar-refractivity contribution is 0.105. The normalized spacial score (nSPS) is 11.7. The summed E-state index contributed by atoms with van der Waals surface area (Å²) in [6, 6.07) is 3.77. The molecule has 0 fully saturated rings. The van der Waals surface area contributed by atoms with E-state index in [-0.39, 0.29) is 0 Å². The largest absolute Gasteiger partial charge is 0.467 e. The quantitative estimate of drug-likeness (QED) is 0.363. The molecule has 144 valence electrons. The first kappa shape index (κ1) is 20.0. The first-order valence-corrected chi connectivity index (χ1v) is 9.37. The molecular weight excluding hydrogens is 332 g/mol. The van der Waals surface area contributed by atoms with Gasteiger partial charge in [0.05, 0.1) is 18.5 Å². The number of ether oxygens (including phenoxy) is 1. The number of furan rings is 1. The molecule has 0 aliphatic heterocycles. The van der Waals surface area contributed by atoms with E-state index in [9.17, 15) is 0 Å². The predicted octanol–water partition coefficient (Wildman–Crippen LogP) is 3.05. The van der Waals surface area contributed by atoms with Gasteiger partial charge in [-0.05, 0) is 31.9 Å². The molecule has 0 saturated heterocycles. The van der Waals surface area contributed by atoms with E-state index in [0.29, 0.717) is 19.8 Å². The van der Waals surface area contributed by atoms with Crippen molar-refractivity contribution >= 4 is 5.96 Å². The topological polar surface area (TPSA) is 84.8 Å². The van der Waals surface area contributed by atoms with Crippen LogP contribution in [0.5, 0.6) is 0 Å². The molecule has 0 atom stereocenters. The summed E-state index contributed by atoms with van der Waals surface area (Å²) in [5.41, 5.74) is 2.10. The van der Waals surface area contributed by atoms with Crippen molar-refractivity contribution in [2.24, 2.45) is 4.99 Å². The maximum atomic E-state index is 5.58. The van der Waals surface area contributed by atoms with Crippen LogP contribution in [-0.2, 0) is 30.7 Å². The Kier molecular flexibility index (Phi) is 8.75. The lowest BCUT2D eigenvalue weighted by atomic mass is 10.1. The number of aryl methyl sites for hydroxylation is 2. The highest BCUT2D eigenvalue weighted by molar-refractivity contribution is 5.79. The molecule has 2 heterocycles. The second-order valence-corrected chi connectivity index (χ2v) is 5.85. The Morgan fingerprint density at radius 3 is 2.81 bits per heavy atom. The molecule has 0 spiro atoms. The average molecular weight is 362 g/mol. The molecule has 0 bridgehead atoms. The smallest absolute Gasteiger partial charge is 0.191 e. The molecule has 0 amide bonds. The molecule has 2 rings (SSSR count). The third kappa shape index (κ3) is 6.22. The van der Waals surface area contributed by atoms with Crippen molar-refractivity contribution in [3.8, 4) is 0 Å². The number of aliphatic imine (C=N–C) groups is 1. The van der Waals surface area contributed by atoms with E-state index >= 15 is 0 Å². The molecule has 0 unspecified atom stereocenters. The van der Waals surface area contributed by atoms with Gasteiger partial charge in [0.2, 0.25) is 0 Å². The predicted molar refractivity (Wildman–Crippen MR) is 101 cm³/mol. The molecule has 2 N–H and O–H groups in total. The molecule has 0 aliphatic carbocycles. The zero-order valence-corrected chi connectivity index (χ0v) is 16.0. The van der Waals surface area contributed by atoms with Gasteiger partial charge in [-0.25, -0.2) is 4.99 Å². The summed E-state index contributed by atoms with van der Waals surface area (Å²) in [6.45, 7) is 9.54. The number of aromatic nitrogens is 1. The summed E-state index contributed by atoms with van der Waals surface area (Å²) < 4.78 is 16.2. The van der Waals surface area contributed by atoms with Crippen LogP contribution >= 0.6 is 0 Å². The number of guanidine groups is 1. The van der Waals surface area contributed by atoms with Crippen LogP contribution < -0.4 is 10.6 Å². The van der Waals surface area contributed by atoms with Crippen LogP contribution in [0.4, 0.5) is 0 Å². The number of hydrogen-bond acceptors (Lipinski definition) is 5. The standard InChI is InChI=1S/C19H30N4O3/c1-4-17-16(18(5-2)26-23-17)13-22-19(20-6-3)21-10-8-11-24-14-15-9-7-12-25-15/h7,9,12H,4-6,8,10-11,13-14H2,1-3H3,(H2,20,21,22). The number of nitrogens with one attached hydrogen (secondary N) is 2. The van der Waals surface area contributed by atoms with Gasteiger partial charge in [-0.3, -0.25) is 0 Å². The highest BCUT2D eigenvalue weighted by atomic mass is 16.5. The monoisotopic (exact) mass is 362 g/mol. The Morgan fingerprint density at radius 1 is 1.23 bits per heavy atom.